The van der Waals surface area contributed by atoms with Crippen molar-refractivity contribution in [2.45, 2.75) is 25.4 Å². The van der Waals surface area contributed by atoms with Crippen molar-refractivity contribution in [3.8, 4) is 0 Å². The van der Waals surface area contributed by atoms with E-state index in [4.69, 9.17) is 9.52 Å². The molecule has 0 bridgehead atoms. The first-order valence-electron chi connectivity index (χ1n) is 6.16. The molecule has 0 aliphatic rings. The normalized spacial score (nSPS) is 11.6. The molecule has 7 heteroatoms. The summed E-state index contributed by atoms with van der Waals surface area (Å²) in [5.74, 6) is -0.839. The number of hydrogen-bond donors (Lipinski definition) is 1. The minimum absolute atomic E-state index is 0.0663. The highest BCUT2D eigenvalue weighted by atomic mass is 19.4. The van der Waals surface area contributed by atoms with Gasteiger partial charge in [0.25, 0.3) is 0 Å². The second kappa shape index (κ2) is 5.99. The average Bonchev–Trinajstić information content (AvgIpc) is 2.83. The number of carbonyl (C=O) groups is 1. The molecule has 0 atom stereocenters. The van der Waals surface area contributed by atoms with Crippen LogP contribution in [0.2, 0.25) is 0 Å². The molecule has 0 aliphatic carbocycles. The van der Waals surface area contributed by atoms with Crippen molar-refractivity contribution in [1.82, 2.24) is 4.98 Å². The largest absolute Gasteiger partial charge is 0.481 e. The summed E-state index contributed by atoms with van der Waals surface area (Å²) in [5, 5.41) is 8.56. The van der Waals surface area contributed by atoms with Gasteiger partial charge >= 0.3 is 12.1 Å². The predicted octanol–water partition coefficient (Wildman–Crippen LogP) is 3.30. The van der Waals surface area contributed by atoms with E-state index in [1.54, 1.807) is 0 Å². The van der Waals surface area contributed by atoms with Crippen molar-refractivity contribution in [3.63, 3.8) is 0 Å². The molecule has 1 aromatic heterocycles. The van der Waals surface area contributed by atoms with E-state index >= 15 is 0 Å². The maximum Gasteiger partial charge on any atom is 0.416 e. The van der Waals surface area contributed by atoms with Gasteiger partial charge in [0.05, 0.1) is 17.7 Å². The van der Waals surface area contributed by atoms with Crippen molar-refractivity contribution in [1.29, 1.82) is 0 Å². The number of aromatic nitrogens is 1. The van der Waals surface area contributed by atoms with Crippen LogP contribution in [0.15, 0.2) is 34.9 Å². The second-order valence-electron chi connectivity index (χ2n) is 4.46. The molecule has 112 valence electrons. The zero-order valence-corrected chi connectivity index (χ0v) is 10.9. The number of carboxylic acids is 1. The summed E-state index contributed by atoms with van der Waals surface area (Å²) in [7, 11) is 0. The molecule has 2 rings (SSSR count). The highest BCUT2D eigenvalue weighted by Crippen LogP contribution is 2.32. The van der Waals surface area contributed by atoms with Crippen molar-refractivity contribution in [2.24, 2.45) is 0 Å². The lowest BCUT2D eigenvalue weighted by Gasteiger charge is -2.10. The summed E-state index contributed by atoms with van der Waals surface area (Å²) in [6.45, 7) is 0. The van der Waals surface area contributed by atoms with E-state index in [-0.39, 0.29) is 30.7 Å². The third kappa shape index (κ3) is 4.08. The number of oxazole rings is 1. The Morgan fingerprint density at radius 3 is 2.67 bits per heavy atom. The quantitative estimate of drug-likeness (QED) is 0.920. The van der Waals surface area contributed by atoms with Crippen LogP contribution in [0.3, 0.4) is 0 Å². The van der Waals surface area contributed by atoms with Gasteiger partial charge in [0.2, 0.25) is 0 Å². The molecule has 0 aliphatic heterocycles. The fourth-order valence-electron chi connectivity index (χ4n) is 1.89. The van der Waals surface area contributed by atoms with Gasteiger partial charge in [0.15, 0.2) is 5.89 Å². The highest BCUT2D eigenvalue weighted by Gasteiger charge is 2.33. The van der Waals surface area contributed by atoms with E-state index in [1.165, 1.54) is 24.5 Å². The number of aliphatic carboxylic acids is 1. The summed E-state index contributed by atoms with van der Waals surface area (Å²) < 4.78 is 43.6. The van der Waals surface area contributed by atoms with Crippen LogP contribution >= 0.6 is 0 Å². The molecule has 0 spiro atoms. The number of halogens is 3. The van der Waals surface area contributed by atoms with Crippen molar-refractivity contribution >= 4 is 5.97 Å². The number of nitrogens with zero attached hydrogens (tertiary/aromatic N) is 1. The highest BCUT2D eigenvalue weighted by molar-refractivity contribution is 5.66. The average molecular weight is 299 g/mol. The Bertz CT molecular complexity index is 634. The predicted molar refractivity (Wildman–Crippen MR) is 66.7 cm³/mol. The number of aryl methyl sites for hydroxylation is 1. The van der Waals surface area contributed by atoms with Crippen LogP contribution in [-0.2, 0) is 23.8 Å². The summed E-state index contributed by atoms with van der Waals surface area (Å²) in [5.41, 5.74) is -0.246. The van der Waals surface area contributed by atoms with Crippen molar-refractivity contribution in [2.75, 3.05) is 0 Å². The third-order valence-corrected chi connectivity index (χ3v) is 2.86. The van der Waals surface area contributed by atoms with Gasteiger partial charge in [-0.1, -0.05) is 18.2 Å². The van der Waals surface area contributed by atoms with E-state index in [2.05, 4.69) is 4.98 Å². The minimum Gasteiger partial charge on any atom is -0.481 e. The fraction of sp³-hybridized carbons (Fsp3) is 0.286. The maximum atomic E-state index is 12.8. The van der Waals surface area contributed by atoms with Crippen molar-refractivity contribution in [3.05, 3.63) is 53.2 Å². The monoisotopic (exact) mass is 299 g/mol. The Balaban J connectivity index is 2.14. The standard InChI is InChI=1S/C14H12F3NO3/c15-14(16,17)11-4-2-1-3-9(11)7-12-18-10(8-21-12)5-6-13(19)20/h1-4,8H,5-7H2,(H,19,20). The van der Waals surface area contributed by atoms with Crippen molar-refractivity contribution < 1.29 is 27.5 Å². The van der Waals surface area contributed by atoms with Crippen LogP contribution in [0, 0.1) is 0 Å². The van der Waals surface area contributed by atoms with E-state index in [1.807, 2.05) is 0 Å². The van der Waals surface area contributed by atoms with E-state index in [0.717, 1.165) is 6.07 Å². The molecule has 0 radical (unpaired) electrons. The molecule has 1 aromatic carbocycles. The lowest BCUT2D eigenvalue weighted by atomic mass is 10.0. The van der Waals surface area contributed by atoms with Gasteiger partial charge in [-0.05, 0) is 11.6 Å². The fourth-order valence-corrected chi connectivity index (χ4v) is 1.89. The van der Waals surface area contributed by atoms with Crippen LogP contribution < -0.4 is 0 Å². The number of carboxylic acid groups (broad SMARTS) is 1. The zero-order valence-electron chi connectivity index (χ0n) is 10.9. The number of hydrogen-bond acceptors (Lipinski definition) is 3. The molecular weight excluding hydrogens is 287 g/mol. The van der Waals surface area contributed by atoms with Gasteiger partial charge < -0.3 is 9.52 Å². The Labute approximate surface area is 118 Å². The van der Waals surface area contributed by atoms with Gasteiger partial charge in [-0.3, -0.25) is 4.79 Å². The van der Waals surface area contributed by atoms with E-state index < -0.39 is 17.7 Å². The summed E-state index contributed by atoms with van der Waals surface area (Å²) in [6.07, 6.45) is -3.18. The molecule has 4 nitrogen and oxygen atoms in total. The first-order chi connectivity index (χ1) is 9.86. The van der Waals surface area contributed by atoms with Gasteiger partial charge in [0.1, 0.15) is 6.26 Å². The van der Waals surface area contributed by atoms with Gasteiger partial charge in [-0.15, -0.1) is 0 Å². The van der Waals surface area contributed by atoms with Gasteiger partial charge in [-0.2, -0.15) is 13.2 Å². The van der Waals surface area contributed by atoms with E-state index in [0.29, 0.717) is 5.69 Å². The molecule has 0 saturated heterocycles. The lowest BCUT2D eigenvalue weighted by molar-refractivity contribution is -0.138. The molecule has 0 unspecified atom stereocenters. The minimum atomic E-state index is -4.44. The number of alkyl halides is 3. The lowest BCUT2D eigenvalue weighted by Crippen LogP contribution is -2.09. The van der Waals surface area contributed by atoms with Crippen LogP contribution in [0.25, 0.3) is 0 Å². The van der Waals surface area contributed by atoms with Crippen LogP contribution in [0.1, 0.15) is 29.1 Å². The molecule has 0 fully saturated rings. The van der Waals surface area contributed by atoms with Crippen LogP contribution in [0.5, 0.6) is 0 Å². The molecule has 1 N–H and O–H groups in total. The van der Waals surface area contributed by atoms with Crippen LogP contribution in [-0.4, -0.2) is 16.1 Å². The van der Waals surface area contributed by atoms with Gasteiger partial charge in [0, 0.05) is 12.8 Å². The topological polar surface area (TPSA) is 63.3 Å². The Morgan fingerprint density at radius 2 is 2.00 bits per heavy atom. The SMILES string of the molecule is O=C(O)CCc1coc(Cc2ccccc2C(F)(F)F)n1. The summed E-state index contributed by atoms with van der Waals surface area (Å²) >= 11 is 0. The molecular formula is C14H12F3NO3. The number of rotatable bonds is 5. The van der Waals surface area contributed by atoms with Gasteiger partial charge in [-0.25, -0.2) is 4.98 Å². The summed E-state index contributed by atoms with van der Waals surface area (Å²) in [4.78, 5) is 14.4. The van der Waals surface area contributed by atoms with E-state index in [9.17, 15) is 18.0 Å². The zero-order chi connectivity index (χ0) is 15.5. The second-order valence-corrected chi connectivity index (χ2v) is 4.46. The first kappa shape index (κ1) is 15.1. The third-order valence-electron chi connectivity index (χ3n) is 2.86. The molecule has 21 heavy (non-hydrogen) atoms. The Morgan fingerprint density at radius 1 is 1.29 bits per heavy atom. The summed E-state index contributed by atoms with van der Waals surface area (Å²) in [6, 6.07) is 5.20. The molecule has 0 saturated carbocycles. The molecule has 0 amide bonds. The Kier molecular flexibility index (Phi) is 4.30. The number of benzene rings is 1. The molecule has 1 heterocycles. The smallest absolute Gasteiger partial charge is 0.416 e. The Hall–Kier alpha value is -2.31. The molecule has 2 aromatic rings. The maximum absolute atomic E-state index is 12.8. The van der Waals surface area contributed by atoms with Crippen LogP contribution in [0.4, 0.5) is 13.2 Å². The first-order valence-corrected chi connectivity index (χ1v) is 6.16.